The standard InChI is InChI=1S/C8H18N2/c1-8-3-5-10(2)6-4-9-7-8/h8-9H,3-7H2,1-2H3. The summed E-state index contributed by atoms with van der Waals surface area (Å²) >= 11 is 0. The quantitative estimate of drug-likeness (QED) is 0.531. The van der Waals surface area contributed by atoms with Gasteiger partial charge in [-0.1, -0.05) is 6.92 Å². The Morgan fingerprint density at radius 2 is 2.20 bits per heavy atom. The highest BCUT2D eigenvalue weighted by Crippen LogP contribution is 2.02. The molecule has 0 amide bonds. The Hall–Kier alpha value is -0.0800. The smallest absolute Gasteiger partial charge is 0.0104 e. The molecule has 1 rings (SSSR count). The van der Waals surface area contributed by atoms with E-state index in [1.54, 1.807) is 0 Å². The van der Waals surface area contributed by atoms with Gasteiger partial charge in [-0.3, -0.25) is 0 Å². The molecule has 10 heavy (non-hydrogen) atoms. The fourth-order valence-electron chi connectivity index (χ4n) is 1.27. The largest absolute Gasteiger partial charge is 0.315 e. The second-order valence-corrected chi connectivity index (χ2v) is 3.40. The van der Waals surface area contributed by atoms with Gasteiger partial charge in [0.25, 0.3) is 0 Å². The van der Waals surface area contributed by atoms with Crippen LogP contribution in [-0.2, 0) is 0 Å². The molecular formula is C8H18N2. The molecule has 0 spiro atoms. The minimum atomic E-state index is 0.850. The van der Waals surface area contributed by atoms with E-state index in [1.165, 1.54) is 26.1 Å². The van der Waals surface area contributed by atoms with Crippen LogP contribution in [0.1, 0.15) is 13.3 Å². The Bertz CT molecular complexity index is 81.3. The molecule has 1 unspecified atom stereocenters. The van der Waals surface area contributed by atoms with Crippen molar-refractivity contribution in [3.05, 3.63) is 0 Å². The van der Waals surface area contributed by atoms with Gasteiger partial charge in [-0.05, 0) is 32.5 Å². The Morgan fingerprint density at radius 1 is 1.40 bits per heavy atom. The van der Waals surface area contributed by atoms with Crippen molar-refractivity contribution < 1.29 is 0 Å². The molecule has 0 saturated carbocycles. The van der Waals surface area contributed by atoms with E-state index < -0.39 is 0 Å². The van der Waals surface area contributed by atoms with Gasteiger partial charge >= 0.3 is 0 Å². The lowest BCUT2D eigenvalue weighted by Gasteiger charge is -2.23. The van der Waals surface area contributed by atoms with Crippen LogP contribution in [0.3, 0.4) is 0 Å². The normalized spacial score (nSPS) is 31.2. The molecule has 0 aromatic rings. The average Bonchev–Trinajstić information content (AvgIpc) is 1.90. The lowest BCUT2D eigenvalue weighted by molar-refractivity contribution is 0.276. The number of rotatable bonds is 0. The molecule has 1 atom stereocenters. The van der Waals surface area contributed by atoms with E-state index in [4.69, 9.17) is 0 Å². The van der Waals surface area contributed by atoms with Crippen LogP contribution < -0.4 is 5.32 Å². The van der Waals surface area contributed by atoms with Crippen molar-refractivity contribution >= 4 is 0 Å². The van der Waals surface area contributed by atoms with Gasteiger partial charge in [-0.15, -0.1) is 0 Å². The summed E-state index contributed by atoms with van der Waals surface area (Å²) in [5, 5.41) is 3.43. The highest BCUT2D eigenvalue weighted by Gasteiger charge is 2.07. The third-order valence-electron chi connectivity index (χ3n) is 2.17. The summed E-state index contributed by atoms with van der Waals surface area (Å²) < 4.78 is 0. The van der Waals surface area contributed by atoms with Crippen molar-refractivity contribution in [1.29, 1.82) is 0 Å². The maximum atomic E-state index is 3.43. The van der Waals surface area contributed by atoms with E-state index in [9.17, 15) is 0 Å². The molecule has 2 nitrogen and oxygen atoms in total. The molecular weight excluding hydrogens is 124 g/mol. The van der Waals surface area contributed by atoms with Gasteiger partial charge in [0.1, 0.15) is 0 Å². The summed E-state index contributed by atoms with van der Waals surface area (Å²) in [6.45, 7) is 7.14. The molecule has 0 aromatic carbocycles. The Balaban J connectivity index is 2.23. The molecule has 0 radical (unpaired) electrons. The van der Waals surface area contributed by atoms with E-state index in [-0.39, 0.29) is 0 Å². The molecule has 1 fully saturated rings. The molecule has 60 valence electrons. The Morgan fingerprint density at radius 3 is 3.00 bits per heavy atom. The van der Waals surface area contributed by atoms with Crippen molar-refractivity contribution in [3.8, 4) is 0 Å². The number of nitrogens with zero attached hydrogens (tertiary/aromatic N) is 1. The molecule has 0 aromatic heterocycles. The van der Waals surface area contributed by atoms with Crippen molar-refractivity contribution in [2.24, 2.45) is 5.92 Å². The van der Waals surface area contributed by atoms with Gasteiger partial charge < -0.3 is 10.2 Å². The molecule has 1 N–H and O–H groups in total. The predicted octanol–water partition coefficient (Wildman–Crippen LogP) is 0.548. The molecule has 1 aliphatic heterocycles. The van der Waals surface area contributed by atoms with Crippen molar-refractivity contribution in [2.75, 3.05) is 33.2 Å². The van der Waals surface area contributed by atoms with Crippen LogP contribution in [0, 0.1) is 5.92 Å². The fraction of sp³-hybridized carbons (Fsp3) is 1.00. The topological polar surface area (TPSA) is 15.3 Å². The number of hydrogen-bond acceptors (Lipinski definition) is 2. The SMILES string of the molecule is CC1CCN(C)CCNC1. The first-order valence-corrected chi connectivity index (χ1v) is 4.18. The van der Waals surface area contributed by atoms with E-state index in [2.05, 4.69) is 24.2 Å². The predicted molar refractivity (Wildman–Crippen MR) is 44.1 cm³/mol. The second-order valence-electron chi connectivity index (χ2n) is 3.40. The van der Waals surface area contributed by atoms with Gasteiger partial charge in [0.2, 0.25) is 0 Å². The molecule has 1 aliphatic rings. The first-order chi connectivity index (χ1) is 4.79. The minimum Gasteiger partial charge on any atom is -0.315 e. The van der Waals surface area contributed by atoms with Crippen molar-refractivity contribution in [3.63, 3.8) is 0 Å². The highest BCUT2D eigenvalue weighted by molar-refractivity contribution is 4.65. The lowest BCUT2D eigenvalue weighted by atomic mass is 10.1. The summed E-state index contributed by atoms with van der Waals surface area (Å²) in [6.07, 6.45) is 1.34. The van der Waals surface area contributed by atoms with Gasteiger partial charge in [0.05, 0.1) is 0 Å². The minimum absolute atomic E-state index is 0.850. The molecule has 1 heterocycles. The number of hydrogen-bond donors (Lipinski definition) is 1. The van der Waals surface area contributed by atoms with E-state index >= 15 is 0 Å². The van der Waals surface area contributed by atoms with Crippen LogP contribution in [0.25, 0.3) is 0 Å². The van der Waals surface area contributed by atoms with Crippen LogP contribution in [0.2, 0.25) is 0 Å². The van der Waals surface area contributed by atoms with Crippen LogP contribution in [0.4, 0.5) is 0 Å². The van der Waals surface area contributed by atoms with E-state index in [1.807, 2.05) is 0 Å². The summed E-state index contributed by atoms with van der Waals surface area (Å²) in [4.78, 5) is 2.39. The van der Waals surface area contributed by atoms with Gasteiger partial charge in [-0.25, -0.2) is 0 Å². The monoisotopic (exact) mass is 142 g/mol. The summed E-state index contributed by atoms with van der Waals surface area (Å²) in [5.41, 5.74) is 0. The number of nitrogens with one attached hydrogen (secondary N) is 1. The first kappa shape index (κ1) is 8.02. The van der Waals surface area contributed by atoms with E-state index in [0.29, 0.717) is 0 Å². The first-order valence-electron chi connectivity index (χ1n) is 4.18. The van der Waals surface area contributed by atoms with Crippen LogP contribution in [0.15, 0.2) is 0 Å². The third kappa shape index (κ3) is 2.67. The molecule has 1 saturated heterocycles. The molecule has 0 bridgehead atoms. The highest BCUT2D eigenvalue weighted by atomic mass is 15.1. The van der Waals surface area contributed by atoms with Crippen LogP contribution in [-0.4, -0.2) is 38.1 Å². The zero-order valence-corrected chi connectivity index (χ0v) is 7.06. The van der Waals surface area contributed by atoms with E-state index in [0.717, 1.165) is 12.5 Å². The Labute approximate surface area is 63.6 Å². The summed E-state index contributed by atoms with van der Waals surface area (Å²) in [6, 6.07) is 0. The second kappa shape index (κ2) is 3.94. The van der Waals surface area contributed by atoms with Crippen LogP contribution >= 0.6 is 0 Å². The fourth-order valence-corrected chi connectivity index (χ4v) is 1.27. The molecule has 2 heteroatoms. The average molecular weight is 142 g/mol. The summed E-state index contributed by atoms with van der Waals surface area (Å²) in [7, 11) is 2.19. The van der Waals surface area contributed by atoms with Gasteiger partial charge in [0, 0.05) is 13.1 Å². The van der Waals surface area contributed by atoms with Crippen molar-refractivity contribution in [1.82, 2.24) is 10.2 Å². The van der Waals surface area contributed by atoms with Gasteiger partial charge in [-0.2, -0.15) is 0 Å². The lowest BCUT2D eigenvalue weighted by Crippen LogP contribution is -2.36. The zero-order valence-electron chi connectivity index (χ0n) is 7.06. The maximum absolute atomic E-state index is 3.43. The summed E-state index contributed by atoms with van der Waals surface area (Å²) in [5.74, 6) is 0.850. The number of likely N-dealkylation sites (N-methyl/N-ethyl adjacent to an activating group) is 1. The van der Waals surface area contributed by atoms with Gasteiger partial charge in [0.15, 0.2) is 0 Å². The third-order valence-corrected chi connectivity index (χ3v) is 2.17. The molecule has 0 aliphatic carbocycles. The van der Waals surface area contributed by atoms with Crippen LogP contribution in [0.5, 0.6) is 0 Å². The Kier molecular flexibility index (Phi) is 3.16. The zero-order chi connectivity index (χ0) is 7.40. The van der Waals surface area contributed by atoms with Crippen molar-refractivity contribution in [2.45, 2.75) is 13.3 Å². The maximum Gasteiger partial charge on any atom is 0.0104 e.